The van der Waals surface area contributed by atoms with Gasteiger partial charge < -0.3 is 9.87 Å². The monoisotopic (exact) mass is 262 g/mol. The van der Waals surface area contributed by atoms with E-state index in [1.54, 1.807) is 24.3 Å². The smallest absolute Gasteiger partial charge is 0.255 e. The SMILES string of the molecule is O=C(Nc1ccc(S(=O)O)cc1)c1ccncc1. The molecule has 1 unspecified atom stereocenters. The molecule has 1 aromatic carbocycles. The lowest BCUT2D eigenvalue weighted by atomic mass is 10.2. The van der Waals surface area contributed by atoms with Crippen molar-refractivity contribution >= 4 is 22.7 Å². The molecule has 2 aromatic rings. The van der Waals surface area contributed by atoms with Crippen LogP contribution in [0.1, 0.15) is 10.4 Å². The van der Waals surface area contributed by atoms with Crippen molar-refractivity contribution in [2.24, 2.45) is 0 Å². The second-order valence-corrected chi connectivity index (χ2v) is 4.43. The van der Waals surface area contributed by atoms with Crippen LogP contribution in [0.5, 0.6) is 0 Å². The summed E-state index contributed by atoms with van der Waals surface area (Å²) in [6.45, 7) is 0. The molecule has 1 heterocycles. The molecular formula is C12H10N2O3S. The molecular weight excluding hydrogens is 252 g/mol. The van der Waals surface area contributed by atoms with Crippen molar-refractivity contribution in [1.82, 2.24) is 4.98 Å². The van der Waals surface area contributed by atoms with Gasteiger partial charge in [0, 0.05) is 23.6 Å². The Hall–Kier alpha value is -2.05. The second kappa shape index (κ2) is 5.52. The summed E-state index contributed by atoms with van der Waals surface area (Å²) in [5.74, 6) is -0.254. The second-order valence-electron chi connectivity index (χ2n) is 3.46. The lowest BCUT2D eigenvalue weighted by Gasteiger charge is -2.05. The number of nitrogens with one attached hydrogen (secondary N) is 1. The van der Waals surface area contributed by atoms with Crippen LogP contribution in [0.25, 0.3) is 0 Å². The normalized spacial score (nSPS) is 11.8. The van der Waals surface area contributed by atoms with E-state index in [1.807, 2.05) is 0 Å². The van der Waals surface area contributed by atoms with Gasteiger partial charge in [-0.2, -0.15) is 0 Å². The molecule has 0 bridgehead atoms. The van der Waals surface area contributed by atoms with Crippen LogP contribution < -0.4 is 5.32 Å². The summed E-state index contributed by atoms with van der Waals surface area (Å²) in [5.41, 5.74) is 1.06. The summed E-state index contributed by atoms with van der Waals surface area (Å²) < 4.78 is 19.6. The van der Waals surface area contributed by atoms with Crippen LogP contribution in [-0.2, 0) is 11.1 Å². The van der Waals surface area contributed by atoms with Crippen molar-refractivity contribution in [3.8, 4) is 0 Å². The quantitative estimate of drug-likeness (QED) is 0.828. The predicted molar refractivity (Wildman–Crippen MR) is 67.7 cm³/mol. The average Bonchev–Trinajstić information content (AvgIpc) is 2.40. The zero-order valence-corrected chi connectivity index (χ0v) is 10.1. The van der Waals surface area contributed by atoms with Crippen LogP contribution >= 0.6 is 0 Å². The zero-order chi connectivity index (χ0) is 13.0. The Labute approximate surface area is 106 Å². The molecule has 0 saturated carbocycles. The maximum atomic E-state index is 11.8. The molecule has 0 aliphatic rings. The Morgan fingerprint density at radius 2 is 1.72 bits per heavy atom. The number of anilines is 1. The number of aromatic nitrogens is 1. The topological polar surface area (TPSA) is 79.3 Å². The van der Waals surface area contributed by atoms with Gasteiger partial charge in [0.05, 0.1) is 4.90 Å². The van der Waals surface area contributed by atoms with Gasteiger partial charge in [-0.1, -0.05) is 0 Å². The van der Waals surface area contributed by atoms with Gasteiger partial charge in [0.1, 0.15) is 0 Å². The Morgan fingerprint density at radius 3 is 2.28 bits per heavy atom. The van der Waals surface area contributed by atoms with Crippen LogP contribution in [0.15, 0.2) is 53.7 Å². The summed E-state index contributed by atoms with van der Waals surface area (Å²) in [7, 11) is 0. The van der Waals surface area contributed by atoms with Crippen molar-refractivity contribution in [3.05, 3.63) is 54.4 Å². The number of hydrogen-bond acceptors (Lipinski definition) is 3. The zero-order valence-electron chi connectivity index (χ0n) is 9.24. The fourth-order valence-corrected chi connectivity index (χ4v) is 1.73. The van der Waals surface area contributed by atoms with Crippen molar-refractivity contribution in [1.29, 1.82) is 0 Å². The van der Waals surface area contributed by atoms with Gasteiger partial charge in [-0.25, -0.2) is 4.21 Å². The standard InChI is InChI=1S/C12H10N2O3S/c15-12(9-5-7-13-8-6-9)14-10-1-3-11(4-2-10)18(16)17/h1-8H,(H,14,15)(H,16,17). The predicted octanol–water partition coefficient (Wildman–Crippen LogP) is 1.91. The van der Waals surface area contributed by atoms with E-state index >= 15 is 0 Å². The van der Waals surface area contributed by atoms with Gasteiger partial charge in [0.15, 0.2) is 11.1 Å². The maximum absolute atomic E-state index is 11.8. The van der Waals surface area contributed by atoms with E-state index in [-0.39, 0.29) is 10.8 Å². The first-order valence-corrected chi connectivity index (χ1v) is 6.20. The third-order valence-corrected chi connectivity index (χ3v) is 2.93. The number of rotatable bonds is 3. The van der Waals surface area contributed by atoms with E-state index in [2.05, 4.69) is 10.3 Å². The first-order valence-electron chi connectivity index (χ1n) is 5.09. The number of benzene rings is 1. The maximum Gasteiger partial charge on any atom is 0.255 e. The van der Waals surface area contributed by atoms with Gasteiger partial charge in [0.25, 0.3) is 5.91 Å². The number of amides is 1. The Balaban J connectivity index is 2.10. The van der Waals surface area contributed by atoms with E-state index in [9.17, 15) is 9.00 Å². The molecule has 6 heteroatoms. The van der Waals surface area contributed by atoms with E-state index < -0.39 is 11.1 Å². The Kier molecular flexibility index (Phi) is 3.81. The van der Waals surface area contributed by atoms with Crippen molar-refractivity contribution in [3.63, 3.8) is 0 Å². The van der Waals surface area contributed by atoms with Crippen molar-refractivity contribution in [2.45, 2.75) is 4.90 Å². The first-order chi connectivity index (χ1) is 8.66. The van der Waals surface area contributed by atoms with Crippen LogP contribution in [0.4, 0.5) is 5.69 Å². The third kappa shape index (κ3) is 2.99. The lowest BCUT2D eigenvalue weighted by molar-refractivity contribution is 0.102. The third-order valence-electron chi connectivity index (χ3n) is 2.26. The molecule has 2 rings (SSSR count). The highest BCUT2D eigenvalue weighted by Crippen LogP contribution is 2.12. The molecule has 0 radical (unpaired) electrons. The molecule has 0 fully saturated rings. The van der Waals surface area contributed by atoms with Crippen LogP contribution in [0.2, 0.25) is 0 Å². The number of pyridine rings is 1. The highest BCUT2D eigenvalue weighted by molar-refractivity contribution is 7.79. The fraction of sp³-hybridized carbons (Fsp3) is 0. The molecule has 92 valence electrons. The van der Waals surface area contributed by atoms with Gasteiger partial charge >= 0.3 is 0 Å². The van der Waals surface area contributed by atoms with Crippen LogP contribution in [-0.4, -0.2) is 19.7 Å². The number of carbonyl (C=O) groups excluding carboxylic acids is 1. The molecule has 18 heavy (non-hydrogen) atoms. The van der Waals surface area contributed by atoms with Crippen LogP contribution in [0, 0.1) is 0 Å². The summed E-state index contributed by atoms with van der Waals surface area (Å²) >= 11 is -2.01. The summed E-state index contributed by atoms with van der Waals surface area (Å²) in [6.07, 6.45) is 3.07. The lowest BCUT2D eigenvalue weighted by Crippen LogP contribution is -2.11. The van der Waals surface area contributed by atoms with Gasteiger partial charge in [-0.05, 0) is 36.4 Å². The van der Waals surface area contributed by atoms with Crippen molar-refractivity contribution < 1.29 is 13.6 Å². The number of carbonyl (C=O) groups is 1. The molecule has 2 N–H and O–H groups in total. The average molecular weight is 262 g/mol. The van der Waals surface area contributed by atoms with E-state index in [1.165, 1.54) is 24.5 Å². The highest BCUT2D eigenvalue weighted by atomic mass is 32.2. The largest absolute Gasteiger partial charge is 0.322 e. The minimum atomic E-state index is -2.01. The molecule has 0 saturated heterocycles. The molecule has 0 aliphatic carbocycles. The fourth-order valence-electron chi connectivity index (χ4n) is 1.36. The van der Waals surface area contributed by atoms with E-state index in [4.69, 9.17) is 4.55 Å². The van der Waals surface area contributed by atoms with Gasteiger partial charge in [0.2, 0.25) is 0 Å². The summed E-state index contributed by atoms with van der Waals surface area (Å²) in [6, 6.07) is 9.32. The summed E-state index contributed by atoms with van der Waals surface area (Å²) in [4.78, 5) is 15.9. The van der Waals surface area contributed by atoms with Gasteiger partial charge in [-0.15, -0.1) is 0 Å². The molecule has 1 amide bonds. The minimum absolute atomic E-state index is 0.254. The Bertz CT molecular complexity index is 570. The molecule has 1 aromatic heterocycles. The Morgan fingerprint density at radius 1 is 1.11 bits per heavy atom. The van der Waals surface area contributed by atoms with Crippen LogP contribution in [0.3, 0.4) is 0 Å². The molecule has 0 spiro atoms. The summed E-state index contributed by atoms with van der Waals surface area (Å²) in [5, 5.41) is 2.68. The molecule has 0 aliphatic heterocycles. The number of hydrogen-bond donors (Lipinski definition) is 2. The minimum Gasteiger partial charge on any atom is -0.322 e. The van der Waals surface area contributed by atoms with Crippen molar-refractivity contribution in [2.75, 3.05) is 5.32 Å². The van der Waals surface area contributed by atoms with Gasteiger partial charge in [-0.3, -0.25) is 9.78 Å². The van der Waals surface area contributed by atoms with E-state index in [0.717, 1.165) is 0 Å². The first kappa shape index (κ1) is 12.4. The highest BCUT2D eigenvalue weighted by Gasteiger charge is 2.05. The molecule has 5 nitrogen and oxygen atoms in total. The molecule has 1 atom stereocenters. The number of nitrogens with zero attached hydrogens (tertiary/aromatic N) is 1. The van der Waals surface area contributed by atoms with E-state index in [0.29, 0.717) is 11.3 Å².